The summed E-state index contributed by atoms with van der Waals surface area (Å²) >= 11 is 3.18. The lowest BCUT2D eigenvalue weighted by Gasteiger charge is -2.11. The molecule has 108 valence electrons. The van der Waals surface area contributed by atoms with Crippen molar-refractivity contribution in [1.82, 2.24) is 19.9 Å². The average Bonchev–Trinajstić information content (AvgIpc) is 2.93. The van der Waals surface area contributed by atoms with Gasteiger partial charge in [0.25, 0.3) is 0 Å². The van der Waals surface area contributed by atoms with E-state index in [1.165, 1.54) is 6.07 Å². The molecular weight excluding hydrogens is 339 g/mol. The summed E-state index contributed by atoms with van der Waals surface area (Å²) in [5.74, 6) is 0.725. The van der Waals surface area contributed by atoms with Crippen LogP contribution in [-0.4, -0.2) is 27.0 Å². The van der Waals surface area contributed by atoms with E-state index in [4.69, 9.17) is 0 Å². The van der Waals surface area contributed by atoms with Crippen LogP contribution in [0.1, 0.15) is 5.56 Å². The molecule has 0 amide bonds. The lowest BCUT2D eigenvalue weighted by atomic mass is 10.2. The average molecular weight is 351 g/mol. The topological polar surface area (TPSA) is 78.5 Å². The number of fused-ring (bicyclic) bond motifs is 1. The number of hydrogen-bond acceptors (Lipinski definition) is 5. The van der Waals surface area contributed by atoms with Crippen LogP contribution in [0.5, 0.6) is 0 Å². The zero-order valence-electron chi connectivity index (χ0n) is 11.3. The first-order valence-corrected chi connectivity index (χ1v) is 6.99. The van der Waals surface area contributed by atoms with Gasteiger partial charge < -0.3 is 15.6 Å². The summed E-state index contributed by atoms with van der Waals surface area (Å²) in [6.45, 7) is 1.82. The first kappa shape index (κ1) is 13.7. The second-order valence-corrected chi connectivity index (χ2v) is 5.31. The van der Waals surface area contributed by atoms with Gasteiger partial charge in [0.2, 0.25) is 5.95 Å². The standard InChI is InChI=1S/C13H12BrFN6/c1-6-3-8(15)7(14)4-9(6)19-12-10-11(18-5-17-10)20-13(16-2)21-12/h3-5H,1-2H3,(H3,16,17,18,19,20,21). The van der Waals surface area contributed by atoms with E-state index >= 15 is 0 Å². The van der Waals surface area contributed by atoms with Crippen LogP contribution in [0.4, 0.5) is 21.8 Å². The minimum absolute atomic E-state index is 0.302. The van der Waals surface area contributed by atoms with Crippen LogP contribution in [0, 0.1) is 12.7 Å². The normalized spacial score (nSPS) is 10.9. The summed E-state index contributed by atoms with van der Waals surface area (Å²) in [6, 6.07) is 3.13. The molecule has 2 aromatic heterocycles. The maximum Gasteiger partial charge on any atom is 0.226 e. The fourth-order valence-corrected chi connectivity index (χ4v) is 2.29. The molecule has 3 rings (SSSR count). The van der Waals surface area contributed by atoms with Crippen LogP contribution in [0.25, 0.3) is 11.2 Å². The Hall–Kier alpha value is -2.22. The van der Waals surface area contributed by atoms with Crippen LogP contribution in [-0.2, 0) is 0 Å². The van der Waals surface area contributed by atoms with Crippen molar-refractivity contribution in [3.63, 3.8) is 0 Å². The highest BCUT2D eigenvalue weighted by Crippen LogP contribution is 2.28. The number of rotatable bonds is 3. The third-order valence-corrected chi connectivity index (χ3v) is 3.64. The quantitative estimate of drug-likeness (QED) is 0.675. The summed E-state index contributed by atoms with van der Waals surface area (Å²) in [4.78, 5) is 15.7. The van der Waals surface area contributed by atoms with Crippen LogP contribution in [0.3, 0.4) is 0 Å². The van der Waals surface area contributed by atoms with Crippen molar-refractivity contribution in [3.05, 3.63) is 34.3 Å². The molecule has 3 N–H and O–H groups in total. The summed E-state index contributed by atoms with van der Waals surface area (Å²) in [6.07, 6.45) is 1.55. The molecule has 2 heterocycles. The highest BCUT2D eigenvalue weighted by molar-refractivity contribution is 9.10. The molecule has 0 aliphatic heterocycles. The molecule has 0 atom stereocenters. The summed E-state index contributed by atoms with van der Waals surface area (Å²) in [5.41, 5.74) is 2.76. The number of aryl methyl sites for hydroxylation is 1. The molecule has 0 bridgehead atoms. The van der Waals surface area contributed by atoms with Gasteiger partial charge in [-0.3, -0.25) is 0 Å². The molecule has 3 aromatic rings. The van der Waals surface area contributed by atoms with Crippen molar-refractivity contribution < 1.29 is 4.39 Å². The van der Waals surface area contributed by atoms with E-state index < -0.39 is 0 Å². The van der Waals surface area contributed by atoms with Gasteiger partial charge in [-0.05, 0) is 40.5 Å². The number of aromatic amines is 1. The van der Waals surface area contributed by atoms with E-state index in [0.717, 1.165) is 11.3 Å². The predicted molar refractivity (Wildman–Crippen MR) is 83.4 cm³/mol. The van der Waals surface area contributed by atoms with Crippen LogP contribution in [0.15, 0.2) is 22.9 Å². The second kappa shape index (κ2) is 5.28. The molecule has 0 aliphatic rings. The SMILES string of the molecule is CNc1nc(Nc2cc(Br)c(F)cc2C)c2[nH]cnc2n1. The number of H-pyrrole nitrogens is 1. The number of nitrogens with one attached hydrogen (secondary N) is 3. The van der Waals surface area contributed by atoms with E-state index in [0.29, 0.717) is 27.4 Å². The number of halogens is 2. The van der Waals surface area contributed by atoms with Gasteiger partial charge in [0, 0.05) is 12.7 Å². The lowest BCUT2D eigenvalue weighted by molar-refractivity contribution is 0.620. The minimum Gasteiger partial charge on any atom is -0.357 e. The highest BCUT2D eigenvalue weighted by Gasteiger charge is 2.12. The molecule has 21 heavy (non-hydrogen) atoms. The van der Waals surface area contributed by atoms with Crippen molar-refractivity contribution in [1.29, 1.82) is 0 Å². The van der Waals surface area contributed by atoms with Gasteiger partial charge in [-0.25, -0.2) is 9.37 Å². The van der Waals surface area contributed by atoms with E-state index in [1.54, 1.807) is 19.4 Å². The van der Waals surface area contributed by atoms with E-state index in [1.807, 2.05) is 6.92 Å². The predicted octanol–water partition coefficient (Wildman–Crippen LogP) is 3.35. The van der Waals surface area contributed by atoms with Gasteiger partial charge >= 0.3 is 0 Å². The van der Waals surface area contributed by atoms with Crippen LogP contribution < -0.4 is 10.6 Å². The zero-order chi connectivity index (χ0) is 15.0. The van der Waals surface area contributed by atoms with Crippen molar-refractivity contribution >= 4 is 44.5 Å². The van der Waals surface area contributed by atoms with Gasteiger partial charge in [-0.2, -0.15) is 9.97 Å². The molecular formula is C13H12BrFN6. The van der Waals surface area contributed by atoms with Gasteiger partial charge in [0.1, 0.15) is 11.3 Å². The third kappa shape index (κ3) is 2.54. The molecule has 0 fully saturated rings. The molecule has 6 nitrogen and oxygen atoms in total. The van der Waals surface area contributed by atoms with Crippen molar-refractivity contribution in [2.45, 2.75) is 6.92 Å². The maximum absolute atomic E-state index is 13.5. The monoisotopic (exact) mass is 350 g/mol. The highest BCUT2D eigenvalue weighted by atomic mass is 79.9. The zero-order valence-corrected chi connectivity index (χ0v) is 12.9. The number of imidazole rings is 1. The summed E-state index contributed by atoms with van der Waals surface area (Å²) in [7, 11) is 1.73. The molecule has 0 radical (unpaired) electrons. The molecule has 0 saturated heterocycles. The first-order chi connectivity index (χ1) is 10.1. The molecule has 0 aliphatic carbocycles. The summed E-state index contributed by atoms with van der Waals surface area (Å²) < 4.78 is 13.9. The minimum atomic E-state index is -0.302. The van der Waals surface area contributed by atoms with Crippen molar-refractivity contribution in [3.8, 4) is 0 Å². The first-order valence-electron chi connectivity index (χ1n) is 6.20. The summed E-state index contributed by atoms with van der Waals surface area (Å²) in [5, 5.41) is 6.07. The van der Waals surface area contributed by atoms with Crippen LogP contribution in [0.2, 0.25) is 0 Å². The number of nitrogens with zero attached hydrogens (tertiary/aromatic N) is 3. The molecule has 0 unspecified atom stereocenters. The molecule has 8 heteroatoms. The Kier molecular flexibility index (Phi) is 3.46. The third-order valence-electron chi connectivity index (χ3n) is 3.03. The van der Waals surface area contributed by atoms with Gasteiger partial charge in [-0.1, -0.05) is 0 Å². The molecule has 0 spiro atoms. The number of aromatic nitrogens is 4. The van der Waals surface area contributed by atoms with Crippen molar-refractivity contribution in [2.24, 2.45) is 0 Å². The second-order valence-electron chi connectivity index (χ2n) is 4.45. The Morgan fingerprint density at radius 1 is 1.29 bits per heavy atom. The van der Waals surface area contributed by atoms with Crippen molar-refractivity contribution in [2.75, 3.05) is 17.7 Å². The van der Waals surface area contributed by atoms with E-state index in [2.05, 4.69) is 46.5 Å². The number of benzene rings is 1. The Bertz CT molecular complexity index is 816. The Labute approximate surface area is 128 Å². The van der Waals surface area contributed by atoms with Gasteiger partial charge in [-0.15, -0.1) is 0 Å². The number of hydrogen-bond donors (Lipinski definition) is 3. The largest absolute Gasteiger partial charge is 0.357 e. The molecule has 0 saturated carbocycles. The van der Waals surface area contributed by atoms with Gasteiger partial charge in [0.15, 0.2) is 11.5 Å². The van der Waals surface area contributed by atoms with E-state index in [9.17, 15) is 4.39 Å². The maximum atomic E-state index is 13.5. The number of anilines is 3. The smallest absolute Gasteiger partial charge is 0.226 e. The fraction of sp³-hybridized carbons (Fsp3) is 0.154. The van der Waals surface area contributed by atoms with Crippen LogP contribution >= 0.6 is 15.9 Å². The Balaban J connectivity index is 2.09. The fourth-order valence-electron chi connectivity index (χ4n) is 1.94. The van der Waals surface area contributed by atoms with Gasteiger partial charge in [0.05, 0.1) is 10.8 Å². The Morgan fingerprint density at radius 2 is 2.10 bits per heavy atom. The lowest BCUT2D eigenvalue weighted by Crippen LogP contribution is -2.03. The Morgan fingerprint density at radius 3 is 2.86 bits per heavy atom. The molecule has 1 aromatic carbocycles. The van der Waals surface area contributed by atoms with E-state index in [-0.39, 0.29) is 5.82 Å².